The monoisotopic (exact) mass is 134 g/mol. The topological polar surface area (TPSA) is 35.4 Å². The number of rotatable bonds is 0. The predicted molar refractivity (Wildman–Crippen MR) is 38.5 cm³/mol. The lowest BCUT2D eigenvalue weighted by Gasteiger charge is -2.32. The molecule has 0 fully saturated rings. The van der Waals surface area contributed by atoms with Crippen molar-refractivity contribution in [2.45, 2.75) is 0 Å². The number of aliphatic imine (C=N–C) groups is 1. The van der Waals surface area contributed by atoms with Gasteiger partial charge in [-0.1, -0.05) is 0 Å². The number of hydroxylamine groups is 3. The summed E-state index contributed by atoms with van der Waals surface area (Å²) in [7, 11) is 0. The number of nitrogens with zero attached hydrogens (tertiary/aromatic N) is 2. The minimum atomic E-state index is -0.531. The number of hydrogen-bond donors (Lipinski definition) is 0. The molecule has 2 aliphatic rings. The van der Waals surface area contributed by atoms with Gasteiger partial charge in [-0.05, 0) is 0 Å². The summed E-state index contributed by atoms with van der Waals surface area (Å²) in [5, 5.41) is 11.5. The zero-order valence-corrected chi connectivity index (χ0v) is 5.27. The molecule has 0 aromatic carbocycles. The lowest BCUT2D eigenvalue weighted by atomic mass is 10.5. The highest BCUT2D eigenvalue weighted by Gasteiger charge is 2.22. The molecule has 3 heteroatoms. The Balaban J connectivity index is 2.51. The second-order valence-electron chi connectivity index (χ2n) is 2.20. The van der Waals surface area contributed by atoms with Crippen LogP contribution in [-0.2, 0) is 0 Å². The molecule has 10 heavy (non-hydrogen) atoms. The van der Waals surface area contributed by atoms with Gasteiger partial charge >= 0.3 is 0 Å². The predicted octanol–water partition coefficient (Wildman–Crippen LogP) is 1.27. The molecule has 2 aliphatic heterocycles. The van der Waals surface area contributed by atoms with E-state index in [0.29, 0.717) is 5.82 Å². The second kappa shape index (κ2) is 1.65. The molecule has 1 unspecified atom stereocenters. The first kappa shape index (κ1) is 5.58. The molecule has 0 N–H and O–H groups in total. The van der Waals surface area contributed by atoms with Crippen LogP contribution in [0.3, 0.4) is 0 Å². The molecule has 0 spiro atoms. The van der Waals surface area contributed by atoms with Crippen molar-refractivity contribution in [1.29, 1.82) is 0 Å². The molecular formula is C7H6N2O. The van der Waals surface area contributed by atoms with E-state index in [1.807, 2.05) is 0 Å². The lowest BCUT2D eigenvalue weighted by Crippen LogP contribution is -2.27. The first-order valence-electron chi connectivity index (χ1n) is 3.03. The van der Waals surface area contributed by atoms with Gasteiger partial charge in [0.15, 0.2) is 0 Å². The van der Waals surface area contributed by atoms with Gasteiger partial charge in [0.1, 0.15) is 12.4 Å². The van der Waals surface area contributed by atoms with Crippen LogP contribution in [0.1, 0.15) is 0 Å². The quantitative estimate of drug-likeness (QED) is 0.363. The average Bonchev–Trinajstić information content (AvgIpc) is 2.29. The Morgan fingerprint density at radius 2 is 2.10 bits per heavy atom. The fraction of sp³-hybridized carbons (Fsp3) is 0. The van der Waals surface area contributed by atoms with E-state index in [1.54, 1.807) is 36.8 Å². The Labute approximate surface area is 58.5 Å². The highest BCUT2D eigenvalue weighted by atomic mass is 16.5. The van der Waals surface area contributed by atoms with E-state index < -0.39 is 4.65 Å². The zero-order chi connectivity index (χ0) is 7.03. The van der Waals surface area contributed by atoms with Gasteiger partial charge in [0.25, 0.3) is 0 Å². The summed E-state index contributed by atoms with van der Waals surface area (Å²) in [6, 6.07) is 0. The van der Waals surface area contributed by atoms with Gasteiger partial charge in [-0.25, -0.2) is 4.99 Å². The maximum atomic E-state index is 11.5. The summed E-state index contributed by atoms with van der Waals surface area (Å²) in [4.78, 5) is 3.91. The molecule has 50 valence electrons. The number of allylic oxidation sites excluding steroid dienone is 3. The van der Waals surface area contributed by atoms with Gasteiger partial charge in [-0.2, -0.15) is 0 Å². The summed E-state index contributed by atoms with van der Waals surface area (Å²) >= 11 is 0. The molecular weight excluding hydrogens is 128 g/mol. The second-order valence-corrected chi connectivity index (χ2v) is 2.20. The van der Waals surface area contributed by atoms with Crippen LogP contribution in [-0.4, -0.2) is 10.9 Å². The number of fused-ring (bicyclic) bond motifs is 1. The van der Waals surface area contributed by atoms with Gasteiger partial charge < -0.3 is 5.21 Å². The summed E-state index contributed by atoms with van der Waals surface area (Å²) in [6.45, 7) is 0. The molecule has 0 aliphatic carbocycles. The third kappa shape index (κ3) is 0.586. The largest absolute Gasteiger partial charge is 0.616 e. The Morgan fingerprint density at radius 3 is 2.90 bits per heavy atom. The van der Waals surface area contributed by atoms with Crippen molar-refractivity contribution in [2.75, 3.05) is 0 Å². The van der Waals surface area contributed by atoms with Crippen LogP contribution in [0.15, 0.2) is 41.4 Å². The van der Waals surface area contributed by atoms with Crippen molar-refractivity contribution in [3.05, 3.63) is 41.7 Å². The van der Waals surface area contributed by atoms with Gasteiger partial charge in [0.05, 0.1) is 0 Å². The van der Waals surface area contributed by atoms with Crippen LogP contribution in [0.25, 0.3) is 0 Å². The van der Waals surface area contributed by atoms with E-state index in [4.69, 9.17) is 0 Å². The lowest BCUT2D eigenvalue weighted by molar-refractivity contribution is -0.729. The van der Waals surface area contributed by atoms with Crippen molar-refractivity contribution >= 4 is 6.21 Å². The van der Waals surface area contributed by atoms with E-state index in [1.165, 1.54) is 0 Å². The smallest absolute Gasteiger partial charge is 0.237 e. The Kier molecular flexibility index (Phi) is 0.922. The van der Waals surface area contributed by atoms with Crippen LogP contribution >= 0.6 is 0 Å². The molecule has 2 rings (SSSR count). The average molecular weight is 134 g/mol. The number of hydrogen-bond acceptors (Lipinski definition) is 2. The van der Waals surface area contributed by atoms with Crippen LogP contribution in [0, 0.1) is 5.21 Å². The van der Waals surface area contributed by atoms with Crippen molar-refractivity contribution in [3.63, 3.8) is 0 Å². The van der Waals surface area contributed by atoms with Crippen molar-refractivity contribution in [3.8, 4) is 0 Å². The van der Waals surface area contributed by atoms with Crippen LogP contribution in [0.5, 0.6) is 0 Å². The molecule has 0 saturated heterocycles. The Bertz CT molecular complexity index is 275. The molecule has 2 heterocycles. The number of quaternary nitrogens is 1. The summed E-state index contributed by atoms with van der Waals surface area (Å²) in [5.74, 6) is 0.530. The molecule has 0 aromatic heterocycles. The highest BCUT2D eigenvalue weighted by molar-refractivity contribution is 5.72. The SMILES string of the molecule is [O-][N+]12C=CC=NC1=CC=C2. The van der Waals surface area contributed by atoms with E-state index in [0.717, 1.165) is 0 Å². The van der Waals surface area contributed by atoms with E-state index >= 15 is 0 Å². The maximum absolute atomic E-state index is 11.5. The van der Waals surface area contributed by atoms with Crippen molar-refractivity contribution < 1.29 is 4.65 Å². The third-order valence-electron chi connectivity index (χ3n) is 1.51. The van der Waals surface area contributed by atoms with Gasteiger partial charge in [0.2, 0.25) is 5.82 Å². The van der Waals surface area contributed by atoms with E-state index in [-0.39, 0.29) is 0 Å². The molecule has 0 bridgehead atoms. The highest BCUT2D eigenvalue weighted by Crippen LogP contribution is 2.26. The van der Waals surface area contributed by atoms with Crippen LogP contribution in [0.4, 0.5) is 0 Å². The molecule has 3 nitrogen and oxygen atoms in total. The molecule has 1 atom stereocenters. The van der Waals surface area contributed by atoms with Gasteiger partial charge in [0, 0.05) is 24.4 Å². The summed E-state index contributed by atoms with van der Waals surface area (Å²) < 4.78 is -0.531. The van der Waals surface area contributed by atoms with Crippen molar-refractivity contribution in [1.82, 2.24) is 0 Å². The fourth-order valence-electron chi connectivity index (χ4n) is 0.995. The third-order valence-corrected chi connectivity index (χ3v) is 1.51. The van der Waals surface area contributed by atoms with E-state index in [2.05, 4.69) is 4.99 Å². The Hall–Kier alpha value is -1.19. The Morgan fingerprint density at radius 1 is 1.30 bits per heavy atom. The first-order valence-corrected chi connectivity index (χ1v) is 3.03. The van der Waals surface area contributed by atoms with Gasteiger partial charge in [-0.15, -0.1) is 0 Å². The minimum Gasteiger partial charge on any atom is -0.616 e. The standard InChI is InChI=1S/C7H6N2O/c10-9-5-1-3-7(9)8-4-2-6-9/h1-6H. The van der Waals surface area contributed by atoms with Crippen LogP contribution in [0.2, 0.25) is 0 Å². The van der Waals surface area contributed by atoms with Crippen molar-refractivity contribution in [2.24, 2.45) is 4.99 Å². The summed E-state index contributed by atoms with van der Waals surface area (Å²) in [5.41, 5.74) is 0. The molecule has 0 amide bonds. The first-order chi connectivity index (χ1) is 4.81. The fourth-order valence-corrected chi connectivity index (χ4v) is 0.995. The normalized spacial score (nSPS) is 34.3. The molecule has 0 saturated carbocycles. The summed E-state index contributed by atoms with van der Waals surface area (Å²) in [6.07, 6.45) is 9.79. The molecule has 0 aromatic rings. The van der Waals surface area contributed by atoms with Crippen LogP contribution < -0.4 is 0 Å². The van der Waals surface area contributed by atoms with E-state index in [9.17, 15) is 5.21 Å². The maximum Gasteiger partial charge on any atom is 0.237 e. The zero-order valence-electron chi connectivity index (χ0n) is 5.27. The minimum absolute atomic E-state index is 0.530. The molecule has 0 radical (unpaired) electrons. The van der Waals surface area contributed by atoms with Gasteiger partial charge in [-0.3, -0.25) is 4.65 Å².